The summed E-state index contributed by atoms with van der Waals surface area (Å²) in [5.74, 6) is 2.08. The van der Waals surface area contributed by atoms with Gasteiger partial charge in [0.05, 0.1) is 37.0 Å². The highest BCUT2D eigenvalue weighted by atomic mass is 32.1. The highest BCUT2D eigenvalue weighted by Gasteiger charge is 2.18. The number of amides is 1. The van der Waals surface area contributed by atoms with Crippen LogP contribution in [0.25, 0.3) is 11.3 Å². The molecule has 156 valence electrons. The number of thiazole rings is 1. The first kappa shape index (κ1) is 19.2. The van der Waals surface area contributed by atoms with Gasteiger partial charge in [-0.1, -0.05) is 6.07 Å². The monoisotopic (exact) mass is 433 g/mol. The van der Waals surface area contributed by atoms with Gasteiger partial charge in [-0.05, 0) is 42.5 Å². The lowest BCUT2D eigenvalue weighted by Crippen LogP contribution is -2.25. The van der Waals surface area contributed by atoms with Gasteiger partial charge in [0.1, 0.15) is 17.3 Å². The van der Waals surface area contributed by atoms with Gasteiger partial charge in [-0.15, -0.1) is 11.3 Å². The van der Waals surface area contributed by atoms with Crippen molar-refractivity contribution in [3.05, 3.63) is 76.8 Å². The molecule has 0 saturated carbocycles. The van der Waals surface area contributed by atoms with Crippen LogP contribution in [-0.4, -0.2) is 24.2 Å². The number of anilines is 1. The van der Waals surface area contributed by atoms with Crippen molar-refractivity contribution >= 4 is 28.6 Å². The predicted octanol–water partition coefficient (Wildman–Crippen LogP) is 4.43. The van der Waals surface area contributed by atoms with Crippen LogP contribution >= 0.6 is 11.3 Å². The minimum atomic E-state index is -0.160. The molecule has 0 fully saturated rings. The molecule has 0 atom stereocenters. The van der Waals surface area contributed by atoms with Crippen molar-refractivity contribution < 1.29 is 18.7 Å². The average Bonchev–Trinajstić information content (AvgIpc) is 3.44. The molecule has 1 amide bonds. The Kier molecular flexibility index (Phi) is 5.05. The van der Waals surface area contributed by atoms with Crippen LogP contribution in [0.3, 0.4) is 0 Å². The molecule has 3 heterocycles. The van der Waals surface area contributed by atoms with Crippen LogP contribution in [-0.2, 0) is 11.3 Å². The van der Waals surface area contributed by atoms with E-state index in [2.05, 4.69) is 15.3 Å². The van der Waals surface area contributed by atoms with E-state index in [1.54, 1.807) is 13.4 Å². The van der Waals surface area contributed by atoms with Crippen molar-refractivity contribution in [2.45, 2.75) is 6.54 Å². The molecule has 0 spiro atoms. The van der Waals surface area contributed by atoms with Crippen LogP contribution < -0.4 is 19.6 Å². The maximum absolute atomic E-state index is 11.7. The fraction of sp³-hybridized carbons (Fsp3) is 0.130. The van der Waals surface area contributed by atoms with Crippen molar-refractivity contribution in [3.8, 4) is 22.8 Å². The number of benzene rings is 2. The lowest BCUT2D eigenvalue weighted by molar-refractivity contribution is -0.118. The topological polar surface area (TPSA) is 78.0 Å². The first-order valence-electron chi connectivity index (χ1n) is 9.66. The lowest BCUT2D eigenvalue weighted by atomic mass is 10.1. The standard InChI is InChI=1S/C23H19N3O4S/c1-28-17-5-2-4-16(11-17)24-23-26(12-18-6-3-9-29-18)20(14-31-23)15-7-8-21-19(10-15)25-22(27)13-30-21/h2-11,14H,12-13H2,1H3,(H,25,27). The van der Waals surface area contributed by atoms with Gasteiger partial charge in [-0.3, -0.25) is 4.79 Å². The third kappa shape index (κ3) is 3.97. The SMILES string of the molecule is COc1cccc(N=c2scc(-c3ccc4c(c3)NC(=O)CO4)n2Cc2ccco2)c1. The molecule has 2 aromatic carbocycles. The Labute approximate surface area is 182 Å². The van der Waals surface area contributed by atoms with E-state index in [9.17, 15) is 4.79 Å². The number of hydrogen-bond donors (Lipinski definition) is 1. The molecule has 1 aliphatic rings. The quantitative estimate of drug-likeness (QED) is 0.505. The summed E-state index contributed by atoms with van der Waals surface area (Å²) < 4.78 is 18.5. The van der Waals surface area contributed by atoms with E-state index in [1.807, 2.05) is 54.6 Å². The van der Waals surface area contributed by atoms with Crippen LogP contribution in [0.2, 0.25) is 0 Å². The van der Waals surface area contributed by atoms with Gasteiger partial charge in [0.15, 0.2) is 11.4 Å². The van der Waals surface area contributed by atoms with Crippen LogP contribution in [0.5, 0.6) is 11.5 Å². The van der Waals surface area contributed by atoms with E-state index in [-0.39, 0.29) is 12.5 Å². The zero-order valence-corrected chi connectivity index (χ0v) is 17.5. The smallest absolute Gasteiger partial charge is 0.262 e. The molecule has 1 aliphatic heterocycles. The van der Waals surface area contributed by atoms with E-state index in [1.165, 1.54) is 11.3 Å². The normalized spacial score (nSPS) is 13.5. The predicted molar refractivity (Wildman–Crippen MR) is 118 cm³/mol. The Balaban J connectivity index is 1.62. The third-order valence-electron chi connectivity index (χ3n) is 4.88. The molecule has 0 radical (unpaired) electrons. The number of hydrogen-bond acceptors (Lipinski definition) is 6. The molecule has 4 aromatic rings. The van der Waals surface area contributed by atoms with E-state index in [0.29, 0.717) is 18.0 Å². The molecule has 8 heteroatoms. The maximum Gasteiger partial charge on any atom is 0.262 e. The molecule has 0 bridgehead atoms. The first-order valence-corrected chi connectivity index (χ1v) is 10.5. The second-order valence-electron chi connectivity index (χ2n) is 6.93. The van der Waals surface area contributed by atoms with Gasteiger partial charge < -0.3 is 23.8 Å². The van der Waals surface area contributed by atoms with Crippen molar-refractivity contribution in [2.24, 2.45) is 4.99 Å². The summed E-state index contributed by atoms with van der Waals surface area (Å²) in [6.45, 7) is 0.557. The van der Waals surface area contributed by atoms with Crippen molar-refractivity contribution in [1.29, 1.82) is 0 Å². The molecule has 7 nitrogen and oxygen atoms in total. The largest absolute Gasteiger partial charge is 0.497 e. The molecule has 0 unspecified atom stereocenters. The van der Waals surface area contributed by atoms with Crippen LogP contribution in [0, 0.1) is 0 Å². The van der Waals surface area contributed by atoms with Gasteiger partial charge in [0, 0.05) is 17.0 Å². The highest BCUT2D eigenvalue weighted by molar-refractivity contribution is 7.07. The van der Waals surface area contributed by atoms with E-state index < -0.39 is 0 Å². The van der Waals surface area contributed by atoms with Gasteiger partial charge in [-0.25, -0.2) is 4.99 Å². The van der Waals surface area contributed by atoms with Crippen molar-refractivity contribution in [1.82, 2.24) is 4.57 Å². The number of methoxy groups -OCH3 is 1. The van der Waals surface area contributed by atoms with Gasteiger partial charge in [0.25, 0.3) is 5.91 Å². The molecular formula is C23H19N3O4S. The minimum absolute atomic E-state index is 0.0346. The first-order chi connectivity index (χ1) is 15.2. The number of nitrogens with one attached hydrogen (secondary N) is 1. The summed E-state index contributed by atoms with van der Waals surface area (Å²) in [6, 6.07) is 17.2. The summed E-state index contributed by atoms with van der Waals surface area (Å²) in [7, 11) is 1.64. The molecule has 31 heavy (non-hydrogen) atoms. The van der Waals surface area contributed by atoms with Gasteiger partial charge in [-0.2, -0.15) is 0 Å². The Hall–Kier alpha value is -3.78. The zero-order chi connectivity index (χ0) is 21.2. The number of furan rings is 1. The number of aromatic nitrogens is 1. The average molecular weight is 433 g/mol. The van der Waals surface area contributed by atoms with E-state index in [0.717, 1.165) is 33.3 Å². The molecule has 2 aromatic heterocycles. The summed E-state index contributed by atoms with van der Waals surface area (Å²) in [6.07, 6.45) is 1.66. The fourth-order valence-corrected chi connectivity index (χ4v) is 4.32. The highest BCUT2D eigenvalue weighted by Crippen LogP contribution is 2.33. The second-order valence-corrected chi connectivity index (χ2v) is 7.77. The summed E-state index contributed by atoms with van der Waals surface area (Å²) in [5, 5.41) is 4.92. The lowest BCUT2D eigenvalue weighted by Gasteiger charge is -2.18. The van der Waals surface area contributed by atoms with E-state index >= 15 is 0 Å². The molecule has 5 rings (SSSR count). The summed E-state index contributed by atoms with van der Waals surface area (Å²) in [4.78, 5) is 17.4. The Bertz CT molecular complexity index is 1300. The molecular weight excluding hydrogens is 414 g/mol. The minimum Gasteiger partial charge on any atom is -0.497 e. The molecule has 1 N–H and O–H groups in total. The number of carbonyl (C=O) groups excluding carboxylic acids is 1. The summed E-state index contributed by atoms with van der Waals surface area (Å²) in [5.41, 5.74) is 3.37. The second kappa shape index (κ2) is 8.16. The fourth-order valence-electron chi connectivity index (χ4n) is 3.39. The van der Waals surface area contributed by atoms with Crippen molar-refractivity contribution in [2.75, 3.05) is 19.0 Å². The van der Waals surface area contributed by atoms with Crippen LogP contribution in [0.4, 0.5) is 11.4 Å². The van der Waals surface area contributed by atoms with Crippen LogP contribution in [0.1, 0.15) is 5.76 Å². The molecule has 0 aliphatic carbocycles. The van der Waals surface area contributed by atoms with Crippen molar-refractivity contribution in [3.63, 3.8) is 0 Å². The Morgan fingerprint density at radius 3 is 2.97 bits per heavy atom. The number of rotatable bonds is 5. The zero-order valence-electron chi connectivity index (χ0n) is 16.7. The van der Waals surface area contributed by atoms with E-state index in [4.69, 9.17) is 18.9 Å². The Morgan fingerprint density at radius 1 is 1.19 bits per heavy atom. The Morgan fingerprint density at radius 2 is 2.13 bits per heavy atom. The molecule has 0 saturated heterocycles. The number of fused-ring (bicyclic) bond motifs is 1. The number of carbonyl (C=O) groups is 1. The maximum atomic E-state index is 11.7. The third-order valence-corrected chi connectivity index (χ3v) is 5.74. The van der Waals surface area contributed by atoms with Gasteiger partial charge >= 0.3 is 0 Å². The summed E-state index contributed by atoms with van der Waals surface area (Å²) >= 11 is 1.53. The van der Waals surface area contributed by atoms with Gasteiger partial charge in [0.2, 0.25) is 0 Å². The number of nitrogens with zero attached hydrogens (tertiary/aromatic N) is 2. The number of ether oxygens (including phenoxy) is 2. The van der Waals surface area contributed by atoms with Crippen LogP contribution in [0.15, 0.2) is 75.7 Å².